The van der Waals surface area contributed by atoms with E-state index in [1.807, 2.05) is 0 Å². The highest BCUT2D eigenvalue weighted by Gasteiger charge is 2.57. The highest BCUT2D eigenvalue weighted by atomic mass is 16.2. The van der Waals surface area contributed by atoms with Crippen LogP contribution in [0.4, 0.5) is 0 Å². The van der Waals surface area contributed by atoms with E-state index in [0.29, 0.717) is 11.9 Å². The summed E-state index contributed by atoms with van der Waals surface area (Å²) in [5.41, 5.74) is 0.0983. The fourth-order valence-electron chi connectivity index (χ4n) is 7.34. The number of carbonyl (C=O) groups is 1. The minimum Gasteiger partial charge on any atom is -0.339 e. The van der Waals surface area contributed by atoms with Gasteiger partial charge in [-0.3, -0.25) is 4.79 Å². The molecule has 21 heavy (non-hydrogen) atoms. The van der Waals surface area contributed by atoms with E-state index < -0.39 is 0 Å². The number of carbonyl (C=O) groups excluding carboxylic acids is 1. The van der Waals surface area contributed by atoms with Crippen LogP contribution in [0, 0.1) is 29.1 Å². The molecule has 2 nitrogen and oxygen atoms in total. The normalized spacial score (nSPS) is 51.2. The fourth-order valence-corrected chi connectivity index (χ4v) is 7.34. The summed E-state index contributed by atoms with van der Waals surface area (Å²) in [4.78, 5) is 15.9. The molecule has 1 saturated heterocycles. The minimum absolute atomic E-state index is 0.0983. The number of likely N-dealkylation sites (tertiary alicyclic amines) is 1. The Morgan fingerprint density at radius 2 is 1.48 bits per heavy atom. The Bertz CT molecular complexity index is 421. The summed E-state index contributed by atoms with van der Waals surface area (Å²) in [6.07, 6.45) is 14.8. The molecule has 0 radical (unpaired) electrons. The molecule has 1 heterocycles. The van der Waals surface area contributed by atoms with Crippen molar-refractivity contribution in [3.63, 3.8) is 0 Å². The lowest BCUT2D eigenvalue weighted by Gasteiger charge is -2.57. The third kappa shape index (κ3) is 1.86. The third-order valence-electron chi connectivity index (χ3n) is 7.76. The molecule has 5 saturated carbocycles. The number of hydrogen-bond acceptors (Lipinski definition) is 1. The molecule has 0 aromatic heterocycles. The van der Waals surface area contributed by atoms with Gasteiger partial charge in [0.2, 0.25) is 5.91 Å². The predicted octanol–water partition coefficient (Wildman–Crippen LogP) is 3.99. The lowest BCUT2D eigenvalue weighted by Crippen LogP contribution is -2.55. The average Bonchev–Trinajstić information content (AvgIpc) is 2.89. The Kier molecular flexibility index (Phi) is 2.77. The van der Waals surface area contributed by atoms with Crippen molar-refractivity contribution in [1.29, 1.82) is 0 Å². The van der Waals surface area contributed by atoms with Gasteiger partial charge in [0.25, 0.3) is 0 Å². The second-order valence-corrected chi connectivity index (χ2v) is 9.10. The number of nitrogens with zero attached hydrogens (tertiary/aromatic N) is 1. The first-order valence-corrected chi connectivity index (χ1v) is 9.55. The van der Waals surface area contributed by atoms with Crippen LogP contribution in [0.15, 0.2) is 0 Å². The van der Waals surface area contributed by atoms with Crippen molar-refractivity contribution in [2.24, 2.45) is 29.1 Å². The van der Waals surface area contributed by atoms with E-state index in [4.69, 9.17) is 0 Å². The number of amides is 1. The van der Waals surface area contributed by atoms with E-state index in [1.54, 1.807) is 0 Å². The number of hydrogen-bond donors (Lipinski definition) is 0. The molecule has 2 atom stereocenters. The summed E-state index contributed by atoms with van der Waals surface area (Å²) in [7, 11) is 0. The minimum atomic E-state index is 0.0983. The van der Waals surface area contributed by atoms with Gasteiger partial charge in [0.1, 0.15) is 0 Å². The molecule has 1 amide bonds. The largest absolute Gasteiger partial charge is 0.339 e. The lowest BCUT2D eigenvalue weighted by atomic mass is 9.49. The first-order chi connectivity index (χ1) is 10.2. The molecule has 5 aliphatic carbocycles. The zero-order valence-electron chi connectivity index (χ0n) is 13.2. The molecular weight excluding hydrogens is 258 g/mol. The second-order valence-electron chi connectivity index (χ2n) is 9.10. The van der Waals surface area contributed by atoms with Crippen molar-refractivity contribution >= 4 is 5.91 Å². The Hall–Kier alpha value is -0.530. The smallest absolute Gasteiger partial charge is 0.229 e. The highest BCUT2D eigenvalue weighted by molar-refractivity contribution is 5.84. The first kappa shape index (κ1) is 13.0. The summed E-state index contributed by atoms with van der Waals surface area (Å²) < 4.78 is 0. The van der Waals surface area contributed by atoms with Crippen molar-refractivity contribution < 1.29 is 4.79 Å². The van der Waals surface area contributed by atoms with Crippen LogP contribution in [0.1, 0.15) is 70.6 Å². The number of rotatable bonds is 1. The summed E-state index contributed by atoms with van der Waals surface area (Å²) in [5, 5.41) is 0. The maximum absolute atomic E-state index is 13.5. The van der Waals surface area contributed by atoms with E-state index in [9.17, 15) is 4.79 Å². The van der Waals surface area contributed by atoms with Crippen LogP contribution in [0.5, 0.6) is 0 Å². The van der Waals surface area contributed by atoms with Crippen LogP contribution in [-0.4, -0.2) is 23.4 Å². The molecule has 4 bridgehead atoms. The van der Waals surface area contributed by atoms with Gasteiger partial charge in [0.05, 0.1) is 5.41 Å². The zero-order chi connectivity index (χ0) is 14.0. The summed E-state index contributed by atoms with van der Waals surface area (Å²) >= 11 is 0. The lowest BCUT2D eigenvalue weighted by molar-refractivity contribution is -0.159. The quantitative estimate of drug-likeness (QED) is 0.714. The van der Waals surface area contributed by atoms with Gasteiger partial charge in [0, 0.05) is 12.6 Å². The molecule has 0 spiro atoms. The van der Waals surface area contributed by atoms with Crippen LogP contribution in [-0.2, 0) is 4.79 Å². The van der Waals surface area contributed by atoms with E-state index in [0.717, 1.165) is 30.2 Å². The van der Waals surface area contributed by atoms with Gasteiger partial charge in [-0.15, -0.1) is 0 Å². The molecule has 6 fully saturated rings. The van der Waals surface area contributed by atoms with Crippen LogP contribution in [0.25, 0.3) is 0 Å². The molecular formula is C19H29NO. The summed E-state index contributed by atoms with van der Waals surface area (Å²) in [5.74, 6) is 4.13. The Balaban J connectivity index is 1.41. The maximum Gasteiger partial charge on any atom is 0.229 e. The van der Waals surface area contributed by atoms with Gasteiger partial charge in [0.15, 0.2) is 0 Å². The third-order valence-corrected chi connectivity index (χ3v) is 7.76. The summed E-state index contributed by atoms with van der Waals surface area (Å²) in [6.45, 7) is 1.08. The van der Waals surface area contributed by atoms with Crippen LogP contribution in [0.2, 0.25) is 0 Å². The fraction of sp³-hybridized carbons (Fsp3) is 0.947. The topological polar surface area (TPSA) is 20.3 Å². The van der Waals surface area contributed by atoms with Crippen LogP contribution >= 0.6 is 0 Å². The van der Waals surface area contributed by atoms with E-state index in [1.165, 1.54) is 70.6 Å². The maximum atomic E-state index is 13.5. The highest BCUT2D eigenvalue weighted by Crippen LogP contribution is 2.61. The SMILES string of the molecule is O=C(N1CC[C@H]2CCCC[C@@H]21)C12CC3CC(CC(C3)C1)C2. The van der Waals surface area contributed by atoms with Crippen molar-refractivity contribution in [3.05, 3.63) is 0 Å². The van der Waals surface area contributed by atoms with Crippen molar-refractivity contribution in [2.75, 3.05) is 6.54 Å². The van der Waals surface area contributed by atoms with Crippen molar-refractivity contribution in [2.45, 2.75) is 76.7 Å². The Morgan fingerprint density at radius 3 is 2.14 bits per heavy atom. The Labute approximate surface area is 128 Å². The monoisotopic (exact) mass is 287 g/mol. The molecule has 6 aliphatic rings. The van der Waals surface area contributed by atoms with Crippen LogP contribution in [0.3, 0.4) is 0 Å². The van der Waals surface area contributed by atoms with Gasteiger partial charge in [-0.05, 0) is 81.5 Å². The van der Waals surface area contributed by atoms with E-state index >= 15 is 0 Å². The average molecular weight is 287 g/mol. The van der Waals surface area contributed by atoms with Gasteiger partial charge < -0.3 is 4.90 Å². The molecule has 0 aromatic rings. The molecule has 116 valence electrons. The molecule has 6 rings (SSSR count). The zero-order valence-corrected chi connectivity index (χ0v) is 13.2. The van der Waals surface area contributed by atoms with E-state index in [2.05, 4.69) is 4.90 Å². The second kappa shape index (κ2) is 4.49. The van der Waals surface area contributed by atoms with Crippen molar-refractivity contribution in [3.8, 4) is 0 Å². The molecule has 1 aliphatic heterocycles. The molecule has 0 aromatic carbocycles. The summed E-state index contributed by atoms with van der Waals surface area (Å²) in [6, 6.07) is 0.624. The first-order valence-electron chi connectivity index (χ1n) is 9.55. The van der Waals surface area contributed by atoms with E-state index in [-0.39, 0.29) is 5.41 Å². The molecule has 2 heteroatoms. The molecule has 0 unspecified atom stereocenters. The van der Waals surface area contributed by atoms with Gasteiger partial charge in [-0.25, -0.2) is 0 Å². The van der Waals surface area contributed by atoms with Gasteiger partial charge in [-0.2, -0.15) is 0 Å². The predicted molar refractivity (Wildman–Crippen MR) is 82.7 cm³/mol. The van der Waals surface area contributed by atoms with Crippen LogP contribution < -0.4 is 0 Å². The van der Waals surface area contributed by atoms with Crippen molar-refractivity contribution in [1.82, 2.24) is 4.90 Å². The standard InChI is InChI=1S/C19H29NO/c21-18(20-6-5-16-3-1-2-4-17(16)20)19-10-13-7-14(11-19)9-15(8-13)12-19/h13-17H,1-12H2/t13?,14?,15?,16-,17+,19?/m1/s1. The number of fused-ring (bicyclic) bond motifs is 1. The van der Waals surface area contributed by atoms with Gasteiger partial charge >= 0.3 is 0 Å². The van der Waals surface area contributed by atoms with Gasteiger partial charge in [-0.1, -0.05) is 12.8 Å². The Morgan fingerprint density at radius 1 is 0.857 bits per heavy atom. The molecule has 0 N–H and O–H groups in total.